The molecule has 0 saturated carbocycles. The summed E-state index contributed by atoms with van der Waals surface area (Å²) in [6.07, 6.45) is 0.861. The average Bonchev–Trinajstić information content (AvgIpc) is 2.72. The highest BCUT2D eigenvalue weighted by Crippen LogP contribution is 2.15. The Kier molecular flexibility index (Phi) is 6.07. The molecule has 1 N–H and O–H groups in total. The maximum absolute atomic E-state index is 12.4. The van der Waals surface area contributed by atoms with Crippen LogP contribution in [0.2, 0.25) is 0 Å². The first-order chi connectivity index (χ1) is 13.9. The van der Waals surface area contributed by atoms with Crippen molar-refractivity contribution >= 4 is 28.6 Å². The lowest BCUT2D eigenvalue weighted by atomic mass is 10.1. The molecule has 3 aromatic rings. The van der Waals surface area contributed by atoms with Crippen LogP contribution in [-0.4, -0.2) is 28.0 Å². The van der Waals surface area contributed by atoms with Gasteiger partial charge in [-0.1, -0.05) is 19.1 Å². The van der Waals surface area contributed by atoms with Crippen LogP contribution in [0.5, 0.6) is 0 Å². The Bertz CT molecular complexity index is 1130. The van der Waals surface area contributed by atoms with Gasteiger partial charge >= 0.3 is 5.97 Å². The molecule has 7 heteroatoms. The summed E-state index contributed by atoms with van der Waals surface area (Å²) in [6, 6.07) is 12.3. The molecule has 0 radical (unpaired) electrons. The molecule has 0 aliphatic rings. The molecule has 2 aromatic carbocycles. The van der Waals surface area contributed by atoms with E-state index in [1.54, 1.807) is 35.8 Å². The third-order valence-electron chi connectivity index (χ3n) is 4.61. The van der Waals surface area contributed by atoms with Crippen molar-refractivity contribution in [3.05, 3.63) is 69.6 Å². The van der Waals surface area contributed by atoms with Crippen molar-refractivity contribution in [2.24, 2.45) is 0 Å². The van der Waals surface area contributed by atoms with Crippen molar-refractivity contribution in [1.82, 2.24) is 9.55 Å². The number of amides is 1. The first kappa shape index (κ1) is 20.3. The van der Waals surface area contributed by atoms with E-state index in [0.717, 1.165) is 12.0 Å². The van der Waals surface area contributed by atoms with Crippen LogP contribution in [0.15, 0.2) is 47.3 Å². The molecular weight excluding hydrogens is 370 g/mol. The maximum atomic E-state index is 12.4. The number of aromatic nitrogens is 2. The largest absolute Gasteiger partial charge is 0.452 e. The van der Waals surface area contributed by atoms with Gasteiger partial charge < -0.3 is 14.6 Å². The Labute approximate surface area is 168 Å². The number of nitrogens with zero attached hydrogens (tertiary/aromatic N) is 2. The van der Waals surface area contributed by atoms with Gasteiger partial charge in [0.15, 0.2) is 6.61 Å². The fraction of sp³-hybridized carbons (Fsp3) is 0.273. The molecule has 1 heterocycles. The highest BCUT2D eigenvalue weighted by atomic mass is 16.5. The average molecular weight is 393 g/mol. The Balaban J connectivity index is 1.70. The first-order valence-electron chi connectivity index (χ1n) is 9.50. The summed E-state index contributed by atoms with van der Waals surface area (Å²) in [5.41, 5.74) is 3.41. The van der Waals surface area contributed by atoms with Crippen molar-refractivity contribution in [3.8, 4) is 0 Å². The summed E-state index contributed by atoms with van der Waals surface area (Å²) in [4.78, 5) is 40.9. The number of anilines is 1. The Morgan fingerprint density at radius 1 is 1.14 bits per heavy atom. The predicted octanol–water partition coefficient (Wildman–Crippen LogP) is 3.08. The van der Waals surface area contributed by atoms with Crippen LogP contribution in [0.3, 0.4) is 0 Å². The van der Waals surface area contributed by atoms with E-state index in [-0.39, 0.29) is 11.1 Å². The van der Waals surface area contributed by atoms with E-state index in [1.807, 2.05) is 32.0 Å². The second-order valence-electron chi connectivity index (χ2n) is 6.63. The lowest BCUT2D eigenvalue weighted by molar-refractivity contribution is -0.119. The molecule has 1 amide bonds. The van der Waals surface area contributed by atoms with Crippen LogP contribution in [0.25, 0.3) is 11.0 Å². The number of ether oxygens (including phenoxy) is 1. The zero-order chi connectivity index (χ0) is 21.0. The van der Waals surface area contributed by atoms with Crippen LogP contribution in [0.4, 0.5) is 5.69 Å². The Morgan fingerprint density at radius 2 is 1.93 bits per heavy atom. The normalized spacial score (nSPS) is 10.7. The minimum atomic E-state index is -0.627. The van der Waals surface area contributed by atoms with Crippen LogP contribution < -0.4 is 10.9 Å². The van der Waals surface area contributed by atoms with Gasteiger partial charge in [0.25, 0.3) is 11.5 Å². The van der Waals surface area contributed by atoms with Crippen LogP contribution >= 0.6 is 0 Å². The van der Waals surface area contributed by atoms with Gasteiger partial charge in [0.05, 0.1) is 16.6 Å². The smallest absolute Gasteiger partial charge is 0.338 e. The molecular formula is C22H23N3O4. The molecule has 0 bridgehead atoms. The zero-order valence-corrected chi connectivity index (χ0v) is 16.7. The topological polar surface area (TPSA) is 90.3 Å². The van der Waals surface area contributed by atoms with Crippen molar-refractivity contribution in [2.45, 2.75) is 33.7 Å². The highest BCUT2D eigenvalue weighted by molar-refractivity contribution is 5.97. The van der Waals surface area contributed by atoms with E-state index in [4.69, 9.17) is 4.74 Å². The van der Waals surface area contributed by atoms with Crippen LogP contribution in [0, 0.1) is 6.92 Å². The molecule has 1 aromatic heterocycles. The second-order valence-corrected chi connectivity index (χ2v) is 6.63. The highest BCUT2D eigenvalue weighted by Gasteiger charge is 2.14. The zero-order valence-electron chi connectivity index (χ0n) is 16.7. The number of aryl methyl sites for hydroxylation is 3. The molecule has 0 aliphatic heterocycles. The number of carbonyl (C=O) groups excluding carboxylic acids is 2. The van der Waals surface area contributed by atoms with Gasteiger partial charge in [-0.25, -0.2) is 9.78 Å². The number of carbonyl (C=O) groups is 2. The quantitative estimate of drug-likeness (QED) is 0.650. The van der Waals surface area contributed by atoms with E-state index in [2.05, 4.69) is 10.3 Å². The van der Waals surface area contributed by atoms with E-state index < -0.39 is 18.5 Å². The number of nitrogens with one attached hydrogen (secondary N) is 1. The van der Waals surface area contributed by atoms with Gasteiger partial charge in [-0.15, -0.1) is 0 Å². The van der Waals surface area contributed by atoms with Crippen LogP contribution in [0.1, 0.15) is 35.5 Å². The minimum absolute atomic E-state index is 0.154. The third-order valence-corrected chi connectivity index (χ3v) is 4.61. The van der Waals surface area contributed by atoms with Crippen molar-refractivity contribution in [2.75, 3.05) is 11.9 Å². The molecule has 7 nitrogen and oxygen atoms in total. The van der Waals surface area contributed by atoms with E-state index in [1.165, 1.54) is 0 Å². The van der Waals surface area contributed by atoms with E-state index in [0.29, 0.717) is 29.0 Å². The van der Waals surface area contributed by atoms with Gasteiger partial charge in [-0.05, 0) is 56.2 Å². The predicted molar refractivity (Wildman–Crippen MR) is 111 cm³/mol. The number of hydrogen-bond donors (Lipinski definition) is 1. The van der Waals surface area contributed by atoms with E-state index in [9.17, 15) is 14.4 Å². The summed E-state index contributed by atoms with van der Waals surface area (Å²) in [6.45, 7) is 5.65. The van der Waals surface area contributed by atoms with Crippen molar-refractivity contribution in [1.29, 1.82) is 0 Å². The number of fused-ring (bicyclic) bond motifs is 1. The molecule has 150 valence electrons. The van der Waals surface area contributed by atoms with Gasteiger partial charge in [0.2, 0.25) is 0 Å². The molecule has 0 saturated heterocycles. The second kappa shape index (κ2) is 8.68. The summed E-state index contributed by atoms with van der Waals surface area (Å²) >= 11 is 0. The summed E-state index contributed by atoms with van der Waals surface area (Å²) in [5.74, 6) is -1.04. The SMILES string of the molecule is CCc1cccc(NC(=O)COC(=O)c2ccc3c(c2)nc(C)c(=O)n3CC)c1. The molecule has 0 unspecified atom stereocenters. The first-order valence-corrected chi connectivity index (χ1v) is 9.50. The number of esters is 1. The molecule has 0 fully saturated rings. The molecule has 0 aliphatic carbocycles. The Morgan fingerprint density at radius 3 is 2.66 bits per heavy atom. The summed E-state index contributed by atoms with van der Waals surface area (Å²) in [7, 11) is 0. The number of benzene rings is 2. The van der Waals surface area contributed by atoms with Crippen LogP contribution in [-0.2, 0) is 22.5 Å². The van der Waals surface area contributed by atoms with E-state index >= 15 is 0 Å². The van der Waals surface area contributed by atoms with Crippen molar-refractivity contribution < 1.29 is 14.3 Å². The summed E-state index contributed by atoms with van der Waals surface area (Å²) < 4.78 is 6.73. The van der Waals surface area contributed by atoms with Crippen molar-refractivity contribution in [3.63, 3.8) is 0 Å². The fourth-order valence-electron chi connectivity index (χ4n) is 3.10. The van der Waals surface area contributed by atoms with Gasteiger partial charge in [-0.2, -0.15) is 0 Å². The number of rotatable bonds is 6. The van der Waals surface area contributed by atoms with Gasteiger partial charge in [-0.3, -0.25) is 9.59 Å². The number of hydrogen-bond acceptors (Lipinski definition) is 5. The standard InChI is InChI=1S/C22H23N3O4/c1-4-15-7-6-8-17(11-15)24-20(26)13-29-22(28)16-9-10-19-18(12-16)23-14(3)21(27)25(19)5-2/h6-12H,4-5,13H2,1-3H3,(H,24,26). The third kappa shape index (κ3) is 4.51. The van der Waals surface area contributed by atoms with Gasteiger partial charge in [0.1, 0.15) is 5.69 Å². The minimum Gasteiger partial charge on any atom is -0.452 e. The summed E-state index contributed by atoms with van der Waals surface area (Å²) in [5, 5.41) is 2.72. The molecule has 3 rings (SSSR count). The maximum Gasteiger partial charge on any atom is 0.338 e. The molecule has 0 atom stereocenters. The molecule has 0 spiro atoms. The lowest BCUT2D eigenvalue weighted by Crippen LogP contribution is -2.23. The lowest BCUT2D eigenvalue weighted by Gasteiger charge is -2.10. The van der Waals surface area contributed by atoms with Gasteiger partial charge in [0, 0.05) is 12.2 Å². The fourth-order valence-corrected chi connectivity index (χ4v) is 3.10. The Hall–Kier alpha value is -3.48. The molecule has 29 heavy (non-hydrogen) atoms. The monoisotopic (exact) mass is 393 g/mol.